The molecule has 0 saturated heterocycles. The normalized spacial score (nSPS) is 13.3. The van der Waals surface area contributed by atoms with Crippen molar-refractivity contribution >= 4 is 0 Å². The second-order valence-corrected chi connectivity index (χ2v) is 5.78. The summed E-state index contributed by atoms with van der Waals surface area (Å²) in [5, 5.41) is 0. The summed E-state index contributed by atoms with van der Waals surface area (Å²) >= 11 is 0. The summed E-state index contributed by atoms with van der Waals surface area (Å²) in [7, 11) is 0. The zero-order chi connectivity index (χ0) is 17.0. The van der Waals surface area contributed by atoms with Crippen LogP contribution in [-0.2, 0) is 17.5 Å². The minimum absolute atomic E-state index is 0.0233. The molecule has 0 fully saturated rings. The van der Waals surface area contributed by atoms with Gasteiger partial charge in [0, 0.05) is 12.1 Å². The Hall–Kier alpha value is -1.88. The Morgan fingerprint density at radius 2 is 1.57 bits per heavy atom. The Balaban J connectivity index is 2.09. The lowest BCUT2D eigenvalue weighted by atomic mass is 9.93. The van der Waals surface area contributed by atoms with Gasteiger partial charge in [0.1, 0.15) is 0 Å². The predicted octanol–water partition coefficient (Wildman–Crippen LogP) is 5.18. The maximum atomic E-state index is 12.6. The first kappa shape index (κ1) is 17.5. The molecular weight excluding hydrogens is 303 g/mol. The highest BCUT2D eigenvalue weighted by molar-refractivity contribution is 5.33. The predicted molar refractivity (Wildman–Crippen MR) is 83.1 cm³/mol. The zero-order valence-electron chi connectivity index (χ0n) is 13.4. The highest BCUT2D eigenvalue weighted by Gasteiger charge is 2.30. The number of nitrogens with zero attached hydrogens (tertiary/aromatic N) is 1. The first-order valence-corrected chi connectivity index (χ1v) is 7.51. The molecule has 2 nitrogen and oxygen atoms in total. The molecule has 0 amide bonds. The maximum Gasteiger partial charge on any atom is 0.416 e. The third kappa shape index (κ3) is 4.79. The van der Waals surface area contributed by atoms with Crippen LogP contribution in [0.1, 0.15) is 49.1 Å². The second-order valence-electron chi connectivity index (χ2n) is 5.78. The molecular formula is C18H20F3NO. The molecule has 0 aliphatic heterocycles. The number of rotatable bonds is 5. The van der Waals surface area contributed by atoms with Crippen molar-refractivity contribution in [1.29, 1.82) is 0 Å². The van der Waals surface area contributed by atoms with E-state index < -0.39 is 11.7 Å². The average molecular weight is 323 g/mol. The van der Waals surface area contributed by atoms with Crippen LogP contribution in [0.5, 0.6) is 0 Å². The van der Waals surface area contributed by atoms with E-state index in [0.717, 1.165) is 29.0 Å². The van der Waals surface area contributed by atoms with Gasteiger partial charge in [-0.3, -0.25) is 4.98 Å². The fourth-order valence-corrected chi connectivity index (χ4v) is 2.18. The van der Waals surface area contributed by atoms with Crippen molar-refractivity contribution in [1.82, 2.24) is 4.98 Å². The van der Waals surface area contributed by atoms with E-state index in [9.17, 15) is 13.2 Å². The van der Waals surface area contributed by atoms with E-state index in [1.54, 1.807) is 6.20 Å². The smallest absolute Gasteiger partial charge is 0.373 e. The van der Waals surface area contributed by atoms with Gasteiger partial charge in [-0.2, -0.15) is 13.2 Å². The molecule has 0 aliphatic carbocycles. The minimum atomic E-state index is -4.30. The monoisotopic (exact) mass is 323 g/mol. The number of aromatic nitrogens is 1. The number of benzene rings is 1. The number of ether oxygens (including phenoxy) is 1. The Morgan fingerprint density at radius 1 is 0.957 bits per heavy atom. The standard InChI is InChI=1S/C18H20F3NO/c1-12(2)23-11-17-9-6-15(10-22-17)13(3)14-4-7-16(8-5-14)18(19,20)21/h4-10,12-13H,11H2,1-3H3. The molecule has 2 rings (SSSR count). The Morgan fingerprint density at radius 3 is 2.04 bits per heavy atom. The molecule has 0 radical (unpaired) electrons. The van der Waals surface area contributed by atoms with Crippen LogP contribution in [0.3, 0.4) is 0 Å². The lowest BCUT2D eigenvalue weighted by molar-refractivity contribution is -0.137. The summed E-state index contributed by atoms with van der Waals surface area (Å²) in [5.41, 5.74) is 1.99. The van der Waals surface area contributed by atoms with Gasteiger partial charge in [0.15, 0.2) is 0 Å². The van der Waals surface area contributed by atoms with Crippen molar-refractivity contribution in [3.63, 3.8) is 0 Å². The average Bonchev–Trinajstić information content (AvgIpc) is 2.52. The van der Waals surface area contributed by atoms with E-state index in [2.05, 4.69) is 4.98 Å². The van der Waals surface area contributed by atoms with E-state index >= 15 is 0 Å². The molecule has 1 aromatic heterocycles. The van der Waals surface area contributed by atoms with Gasteiger partial charge in [0.25, 0.3) is 0 Å². The van der Waals surface area contributed by atoms with Crippen LogP contribution >= 0.6 is 0 Å². The van der Waals surface area contributed by atoms with Gasteiger partial charge < -0.3 is 4.74 Å². The van der Waals surface area contributed by atoms with Crippen LogP contribution < -0.4 is 0 Å². The molecule has 0 spiro atoms. The van der Waals surface area contributed by atoms with Crippen molar-refractivity contribution in [2.24, 2.45) is 0 Å². The van der Waals surface area contributed by atoms with Crippen molar-refractivity contribution in [3.05, 3.63) is 65.0 Å². The fraction of sp³-hybridized carbons (Fsp3) is 0.389. The van der Waals surface area contributed by atoms with Crippen molar-refractivity contribution in [3.8, 4) is 0 Å². The first-order valence-electron chi connectivity index (χ1n) is 7.51. The molecule has 124 valence electrons. The van der Waals surface area contributed by atoms with Gasteiger partial charge in [-0.25, -0.2) is 0 Å². The van der Waals surface area contributed by atoms with Crippen LogP contribution in [0.2, 0.25) is 0 Å². The third-order valence-electron chi connectivity index (χ3n) is 3.65. The van der Waals surface area contributed by atoms with Crippen LogP contribution in [0.25, 0.3) is 0 Å². The Bertz CT molecular complexity index is 618. The van der Waals surface area contributed by atoms with Crippen LogP contribution in [0.15, 0.2) is 42.6 Å². The molecule has 1 aromatic carbocycles. The summed E-state index contributed by atoms with van der Waals surface area (Å²) in [4.78, 5) is 4.35. The number of halogens is 3. The molecule has 0 bridgehead atoms. The molecule has 1 atom stereocenters. The SMILES string of the molecule is CC(C)OCc1ccc(C(C)c2ccc(C(F)(F)F)cc2)cn1. The van der Waals surface area contributed by atoms with Crippen molar-refractivity contribution in [2.75, 3.05) is 0 Å². The number of alkyl halides is 3. The summed E-state index contributed by atoms with van der Waals surface area (Å²) in [6.45, 7) is 6.32. The van der Waals surface area contributed by atoms with Gasteiger partial charge in [0.2, 0.25) is 0 Å². The number of hydrogen-bond donors (Lipinski definition) is 0. The highest BCUT2D eigenvalue weighted by Crippen LogP contribution is 2.31. The van der Waals surface area contributed by atoms with Gasteiger partial charge in [-0.1, -0.05) is 25.1 Å². The molecule has 2 aromatic rings. The topological polar surface area (TPSA) is 22.1 Å². The quantitative estimate of drug-likeness (QED) is 0.756. The zero-order valence-corrected chi connectivity index (χ0v) is 13.4. The summed E-state index contributed by atoms with van der Waals surface area (Å²) in [5.74, 6) is -0.0233. The van der Waals surface area contributed by atoms with Crippen molar-refractivity contribution < 1.29 is 17.9 Å². The summed E-state index contributed by atoms with van der Waals surface area (Å²) in [6, 6.07) is 9.09. The fourth-order valence-electron chi connectivity index (χ4n) is 2.18. The lowest BCUT2D eigenvalue weighted by Crippen LogP contribution is -2.06. The van der Waals surface area contributed by atoms with E-state index in [-0.39, 0.29) is 12.0 Å². The highest BCUT2D eigenvalue weighted by atomic mass is 19.4. The molecule has 1 unspecified atom stereocenters. The Labute approximate surface area is 134 Å². The van der Waals surface area contributed by atoms with E-state index in [1.165, 1.54) is 12.1 Å². The van der Waals surface area contributed by atoms with Gasteiger partial charge in [-0.15, -0.1) is 0 Å². The van der Waals surface area contributed by atoms with Gasteiger partial charge >= 0.3 is 6.18 Å². The van der Waals surface area contributed by atoms with Gasteiger partial charge in [-0.05, 0) is 43.2 Å². The molecule has 0 N–H and O–H groups in total. The van der Waals surface area contributed by atoms with Crippen LogP contribution in [0.4, 0.5) is 13.2 Å². The van der Waals surface area contributed by atoms with E-state index in [4.69, 9.17) is 4.74 Å². The lowest BCUT2D eigenvalue weighted by Gasteiger charge is -2.14. The second kappa shape index (κ2) is 7.13. The largest absolute Gasteiger partial charge is 0.416 e. The van der Waals surface area contributed by atoms with Crippen molar-refractivity contribution in [2.45, 2.75) is 45.6 Å². The van der Waals surface area contributed by atoms with E-state index in [0.29, 0.717) is 6.61 Å². The minimum Gasteiger partial charge on any atom is -0.373 e. The van der Waals surface area contributed by atoms with Crippen LogP contribution in [-0.4, -0.2) is 11.1 Å². The molecule has 0 saturated carbocycles. The molecule has 1 heterocycles. The third-order valence-corrected chi connectivity index (χ3v) is 3.65. The molecule has 5 heteroatoms. The first-order chi connectivity index (χ1) is 10.8. The van der Waals surface area contributed by atoms with Crippen LogP contribution in [0, 0.1) is 0 Å². The summed E-state index contributed by atoms with van der Waals surface area (Å²) in [6.07, 6.45) is -2.41. The van der Waals surface area contributed by atoms with Gasteiger partial charge in [0.05, 0.1) is 24.0 Å². The Kier molecular flexibility index (Phi) is 5.42. The number of pyridine rings is 1. The van der Waals surface area contributed by atoms with E-state index in [1.807, 2.05) is 32.9 Å². The number of hydrogen-bond acceptors (Lipinski definition) is 2. The molecule has 23 heavy (non-hydrogen) atoms. The maximum absolute atomic E-state index is 12.6. The summed E-state index contributed by atoms with van der Waals surface area (Å²) < 4.78 is 43.3. The molecule has 0 aliphatic rings.